The summed E-state index contributed by atoms with van der Waals surface area (Å²) in [6, 6.07) is 0.566. The van der Waals surface area contributed by atoms with Crippen LogP contribution in [0, 0.1) is 5.92 Å². The van der Waals surface area contributed by atoms with Crippen LogP contribution in [0.5, 0.6) is 0 Å². The highest BCUT2D eigenvalue weighted by Crippen LogP contribution is 2.16. The van der Waals surface area contributed by atoms with Crippen LogP contribution >= 0.6 is 0 Å². The van der Waals surface area contributed by atoms with Gasteiger partial charge in [0, 0.05) is 19.1 Å². The van der Waals surface area contributed by atoms with E-state index < -0.39 is 5.54 Å². The van der Waals surface area contributed by atoms with Crippen molar-refractivity contribution in [3.05, 3.63) is 0 Å². The second kappa shape index (κ2) is 8.54. The average Bonchev–Trinajstić information content (AvgIpc) is 2.35. The molecule has 114 valence electrons. The number of carbonyl (C=O) groups excluding carboxylic acids is 1. The Balaban J connectivity index is 4.60. The van der Waals surface area contributed by atoms with E-state index in [-0.39, 0.29) is 5.97 Å². The Hall–Kier alpha value is -0.610. The molecule has 0 spiro atoms. The lowest BCUT2D eigenvalue weighted by Gasteiger charge is -2.34. The smallest absolute Gasteiger partial charge is 0.325 e. The molecule has 0 aliphatic rings. The summed E-state index contributed by atoms with van der Waals surface area (Å²) in [4.78, 5) is 14.1. The van der Waals surface area contributed by atoms with Gasteiger partial charge in [-0.2, -0.15) is 0 Å². The third-order valence-electron chi connectivity index (χ3n) is 3.63. The first-order valence-corrected chi connectivity index (χ1v) is 7.39. The number of nitrogens with two attached hydrogens (primary N) is 1. The third-order valence-corrected chi connectivity index (χ3v) is 3.63. The molecule has 0 rings (SSSR count). The fourth-order valence-electron chi connectivity index (χ4n) is 2.41. The number of hydrogen-bond acceptors (Lipinski definition) is 4. The minimum absolute atomic E-state index is 0.332. The summed E-state index contributed by atoms with van der Waals surface area (Å²) in [5, 5.41) is 0. The van der Waals surface area contributed by atoms with E-state index in [0.29, 0.717) is 18.4 Å². The zero-order valence-electron chi connectivity index (χ0n) is 13.5. The van der Waals surface area contributed by atoms with Gasteiger partial charge in [0.2, 0.25) is 0 Å². The second-order valence-corrected chi connectivity index (χ2v) is 6.02. The largest absolute Gasteiger partial charge is 0.468 e. The van der Waals surface area contributed by atoms with Gasteiger partial charge in [-0.25, -0.2) is 0 Å². The molecule has 1 unspecified atom stereocenters. The van der Waals surface area contributed by atoms with Crippen LogP contribution in [0.4, 0.5) is 0 Å². The molecular weight excluding hydrogens is 240 g/mol. The summed E-state index contributed by atoms with van der Waals surface area (Å²) in [5.41, 5.74) is 5.14. The Bertz CT molecular complexity index is 261. The van der Waals surface area contributed by atoms with E-state index in [9.17, 15) is 4.79 Å². The Morgan fingerprint density at radius 2 is 1.84 bits per heavy atom. The van der Waals surface area contributed by atoms with E-state index in [1.165, 1.54) is 7.11 Å². The molecular formula is C15H32N2O2. The molecule has 0 aliphatic heterocycles. The Morgan fingerprint density at radius 3 is 2.21 bits per heavy atom. The normalized spacial score (nSPS) is 15.1. The summed E-state index contributed by atoms with van der Waals surface area (Å²) < 4.78 is 4.76. The number of nitrogens with zero attached hydrogens (tertiary/aromatic N) is 1. The predicted octanol–water partition coefficient (Wildman–Crippen LogP) is 2.41. The van der Waals surface area contributed by atoms with E-state index in [1.807, 2.05) is 0 Å². The molecule has 0 saturated carbocycles. The van der Waals surface area contributed by atoms with Crippen LogP contribution in [0.3, 0.4) is 0 Å². The molecule has 0 heterocycles. The van der Waals surface area contributed by atoms with Crippen LogP contribution in [-0.2, 0) is 9.53 Å². The Morgan fingerprint density at radius 1 is 1.32 bits per heavy atom. The molecule has 0 aromatic heterocycles. The summed E-state index contributed by atoms with van der Waals surface area (Å²) in [6.07, 6.45) is 2.88. The first-order chi connectivity index (χ1) is 8.78. The molecule has 0 saturated heterocycles. The maximum Gasteiger partial charge on any atom is 0.325 e. The highest BCUT2D eigenvalue weighted by molar-refractivity contribution is 5.79. The minimum Gasteiger partial charge on any atom is -0.468 e. The average molecular weight is 272 g/mol. The number of ether oxygens (including phenoxy) is 1. The molecule has 0 aromatic rings. The van der Waals surface area contributed by atoms with Crippen LogP contribution in [0.2, 0.25) is 0 Å². The van der Waals surface area contributed by atoms with Crippen molar-refractivity contribution in [1.29, 1.82) is 0 Å². The van der Waals surface area contributed by atoms with Gasteiger partial charge in [-0.15, -0.1) is 0 Å². The van der Waals surface area contributed by atoms with Gasteiger partial charge in [0.15, 0.2) is 0 Å². The molecule has 0 bridgehead atoms. The van der Waals surface area contributed by atoms with Crippen molar-refractivity contribution in [3.8, 4) is 0 Å². The molecule has 4 nitrogen and oxygen atoms in total. The first kappa shape index (κ1) is 18.4. The standard InChI is InChI=1S/C15H32N2O2/c1-7-13(8-2)17(11-12(3)4)10-9-15(5,16)14(18)19-6/h12-13H,7-11,16H2,1-6H3. The maximum atomic E-state index is 11.6. The molecule has 0 amide bonds. The Kier molecular flexibility index (Phi) is 8.26. The number of methoxy groups -OCH3 is 1. The summed E-state index contributed by atoms with van der Waals surface area (Å²) >= 11 is 0. The van der Waals surface area contributed by atoms with Crippen molar-refractivity contribution < 1.29 is 9.53 Å². The lowest BCUT2D eigenvalue weighted by Crippen LogP contribution is -2.49. The van der Waals surface area contributed by atoms with E-state index in [1.54, 1.807) is 6.92 Å². The van der Waals surface area contributed by atoms with Gasteiger partial charge in [-0.3, -0.25) is 4.79 Å². The monoisotopic (exact) mass is 272 g/mol. The molecule has 0 aromatic carbocycles. The second-order valence-electron chi connectivity index (χ2n) is 6.02. The van der Waals surface area contributed by atoms with Gasteiger partial charge in [0.1, 0.15) is 5.54 Å². The van der Waals surface area contributed by atoms with Gasteiger partial charge >= 0.3 is 5.97 Å². The first-order valence-electron chi connectivity index (χ1n) is 7.39. The van der Waals surface area contributed by atoms with E-state index in [2.05, 4.69) is 32.6 Å². The van der Waals surface area contributed by atoms with Crippen molar-refractivity contribution >= 4 is 5.97 Å². The summed E-state index contributed by atoms with van der Waals surface area (Å²) in [5.74, 6) is 0.282. The van der Waals surface area contributed by atoms with Gasteiger partial charge in [0.05, 0.1) is 7.11 Å². The quantitative estimate of drug-likeness (QED) is 0.655. The molecule has 0 radical (unpaired) electrons. The van der Waals surface area contributed by atoms with E-state index in [0.717, 1.165) is 25.9 Å². The minimum atomic E-state index is -0.893. The van der Waals surface area contributed by atoms with Crippen molar-refractivity contribution in [2.45, 2.75) is 65.5 Å². The van der Waals surface area contributed by atoms with Crippen molar-refractivity contribution in [2.24, 2.45) is 11.7 Å². The third kappa shape index (κ3) is 6.39. The van der Waals surface area contributed by atoms with Gasteiger partial charge in [0.25, 0.3) is 0 Å². The number of hydrogen-bond donors (Lipinski definition) is 1. The Labute approximate surface area is 118 Å². The molecule has 0 fully saturated rings. The molecule has 1 atom stereocenters. The van der Waals surface area contributed by atoms with Crippen LogP contribution in [0.15, 0.2) is 0 Å². The molecule has 2 N–H and O–H groups in total. The maximum absolute atomic E-state index is 11.6. The zero-order chi connectivity index (χ0) is 15.1. The number of esters is 1. The van der Waals surface area contributed by atoms with Crippen LogP contribution in [0.25, 0.3) is 0 Å². The van der Waals surface area contributed by atoms with Gasteiger partial charge < -0.3 is 15.4 Å². The lowest BCUT2D eigenvalue weighted by molar-refractivity contribution is -0.146. The van der Waals surface area contributed by atoms with Crippen molar-refractivity contribution in [1.82, 2.24) is 4.90 Å². The van der Waals surface area contributed by atoms with Crippen LogP contribution < -0.4 is 5.73 Å². The number of carbonyl (C=O) groups is 1. The highest BCUT2D eigenvalue weighted by Gasteiger charge is 2.30. The van der Waals surface area contributed by atoms with Crippen LogP contribution in [0.1, 0.15) is 53.9 Å². The van der Waals surface area contributed by atoms with Crippen molar-refractivity contribution in [2.75, 3.05) is 20.2 Å². The summed E-state index contributed by atoms with van der Waals surface area (Å²) in [7, 11) is 1.39. The number of rotatable bonds is 9. The van der Waals surface area contributed by atoms with E-state index >= 15 is 0 Å². The highest BCUT2D eigenvalue weighted by atomic mass is 16.5. The fourth-order valence-corrected chi connectivity index (χ4v) is 2.41. The molecule has 19 heavy (non-hydrogen) atoms. The SMILES string of the molecule is CCC(CC)N(CCC(C)(N)C(=O)OC)CC(C)C. The topological polar surface area (TPSA) is 55.6 Å². The fraction of sp³-hybridized carbons (Fsp3) is 0.933. The van der Waals surface area contributed by atoms with E-state index in [4.69, 9.17) is 10.5 Å². The van der Waals surface area contributed by atoms with Gasteiger partial charge in [-0.05, 0) is 32.1 Å². The van der Waals surface area contributed by atoms with Gasteiger partial charge in [-0.1, -0.05) is 27.7 Å². The predicted molar refractivity (Wildman–Crippen MR) is 80.0 cm³/mol. The zero-order valence-corrected chi connectivity index (χ0v) is 13.5. The summed E-state index contributed by atoms with van der Waals surface area (Å²) in [6.45, 7) is 12.5. The molecule has 0 aliphatic carbocycles. The lowest BCUT2D eigenvalue weighted by atomic mass is 9.97. The van der Waals surface area contributed by atoms with Crippen LogP contribution in [-0.4, -0.2) is 42.6 Å². The molecule has 4 heteroatoms. The van der Waals surface area contributed by atoms with Crippen molar-refractivity contribution in [3.63, 3.8) is 0 Å².